The van der Waals surface area contributed by atoms with E-state index in [0.717, 1.165) is 12.2 Å². The molecule has 0 radical (unpaired) electrons. The van der Waals surface area contributed by atoms with E-state index >= 15 is 0 Å². The molecule has 0 saturated heterocycles. The van der Waals surface area contributed by atoms with Gasteiger partial charge in [-0.3, -0.25) is 0 Å². The molecule has 0 aromatic heterocycles. The van der Waals surface area contributed by atoms with Gasteiger partial charge in [0.1, 0.15) is 11.9 Å². The first kappa shape index (κ1) is 13.0. The molecule has 90 valence electrons. The minimum Gasteiger partial charge on any atom is -0.489 e. The van der Waals surface area contributed by atoms with Gasteiger partial charge >= 0.3 is 0 Å². The van der Waals surface area contributed by atoms with Crippen molar-refractivity contribution in [2.45, 2.75) is 46.3 Å². The van der Waals surface area contributed by atoms with Gasteiger partial charge in [-0.1, -0.05) is 13.0 Å². The average molecular weight is 221 g/mol. The van der Waals surface area contributed by atoms with Crippen molar-refractivity contribution < 1.29 is 4.74 Å². The largest absolute Gasteiger partial charge is 0.489 e. The topological polar surface area (TPSA) is 21.3 Å². The molecule has 0 aliphatic carbocycles. The summed E-state index contributed by atoms with van der Waals surface area (Å²) < 4.78 is 5.93. The highest BCUT2D eigenvalue weighted by Gasteiger charge is 2.14. The van der Waals surface area contributed by atoms with Gasteiger partial charge in [-0.15, -0.1) is 0 Å². The molecule has 2 heteroatoms. The van der Waals surface area contributed by atoms with Crippen molar-refractivity contribution in [2.75, 3.05) is 7.05 Å². The van der Waals surface area contributed by atoms with Crippen LogP contribution < -0.4 is 10.1 Å². The van der Waals surface area contributed by atoms with E-state index in [1.54, 1.807) is 0 Å². The maximum absolute atomic E-state index is 5.93. The summed E-state index contributed by atoms with van der Waals surface area (Å²) >= 11 is 0. The molecule has 1 rings (SSSR count). The summed E-state index contributed by atoms with van der Waals surface area (Å²) in [6.45, 7) is 8.51. The molecule has 1 aromatic carbocycles. The van der Waals surface area contributed by atoms with E-state index in [9.17, 15) is 0 Å². The molecule has 0 spiro atoms. The van der Waals surface area contributed by atoms with Gasteiger partial charge in [0.25, 0.3) is 0 Å². The van der Waals surface area contributed by atoms with Gasteiger partial charge in [0.05, 0.1) is 0 Å². The molecule has 0 fully saturated rings. The van der Waals surface area contributed by atoms with Gasteiger partial charge < -0.3 is 10.1 Å². The first-order valence-electron chi connectivity index (χ1n) is 5.99. The number of nitrogens with one attached hydrogen (secondary N) is 1. The zero-order valence-electron chi connectivity index (χ0n) is 11.0. The second kappa shape index (κ2) is 5.90. The van der Waals surface area contributed by atoms with Crippen molar-refractivity contribution in [3.8, 4) is 5.75 Å². The Hall–Kier alpha value is -1.02. The first-order chi connectivity index (χ1) is 7.58. The van der Waals surface area contributed by atoms with Crippen LogP contribution >= 0.6 is 0 Å². The number of benzene rings is 1. The maximum Gasteiger partial charge on any atom is 0.120 e. The highest BCUT2D eigenvalue weighted by atomic mass is 16.5. The van der Waals surface area contributed by atoms with E-state index in [2.05, 4.69) is 45.1 Å². The second-order valence-electron chi connectivity index (χ2n) is 4.37. The molecule has 16 heavy (non-hydrogen) atoms. The summed E-state index contributed by atoms with van der Waals surface area (Å²) in [5.74, 6) is 0.962. The van der Waals surface area contributed by atoms with Crippen LogP contribution in [0.4, 0.5) is 0 Å². The smallest absolute Gasteiger partial charge is 0.120 e. The normalized spacial score (nSPS) is 14.6. The zero-order valence-corrected chi connectivity index (χ0v) is 11.0. The van der Waals surface area contributed by atoms with Crippen molar-refractivity contribution in [3.05, 3.63) is 29.3 Å². The predicted octanol–water partition coefficient (Wildman–Crippen LogP) is 3.07. The lowest BCUT2D eigenvalue weighted by Crippen LogP contribution is -2.38. The van der Waals surface area contributed by atoms with Crippen LogP contribution in [0.5, 0.6) is 5.75 Å². The minimum absolute atomic E-state index is 0.192. The van der Waals surface area contributed by atoms with Gasteiger partial charge in [-0.2, -0.15) is 0 Å². The second-order valence-corrected chi connectivity index (χ2v) is 4.37. The molecule has 0 aliphatic heterocycles. The Morgan fingerprint density at radius 1 is 1.25 bits per heavy atom. The standard InChI is InChI=1S/C14H23NO/c1-6-14(15-5)12(4)16-13-8-7-10(2)11(3)9-13/h7-9,12,14-15H,6H2,1-5H3. The number of hydrogen-bond acceptors (Lipinski definition) is 2. The van der Waals surface area contributed by atoms with Crippen LogP contribution in [0.3, 0.4) is 0 Å². The Kier molecular flexibility index (Phi) is 4.81. The van der Waals surface area contributed by atoms with Crippen molar-refractivity contribution in [1.82, 2.24) is 5.32 Å². The van der Waals surface area contributed by atoms with Gasteiger partial charge in [0.15, 0.2) is 0 Å². The molecule has 1 N–H and O–H groups in total. The van der Waals surface area contributed by atoms with Crippen LogP contribution in [0.1, 0.15) is 31.4 Å². The van der Waals surface area contributed by atoms with Crippen molar-refractivity contribution in [1.29, 1.82) is 0 Å². The molecule has 2 unspecified atom stereocenters. The molecule has 0 amide bonds. The Balaban J connectivity index is 2.69. The number of likely N-dealkylation sites (N-methyl/N-ethyl adjacent to an activating group) is 1. The number of hydrogen-bond donors (Lipinski definition) is 1. The molecular formula is C14H23NO. The third kappa shape index (κ3) is 3.24. The first-order valence-corrected chi connectivity index (χ1v) is 5.99. The van der Waals surface area contributed by atoms with Crippen LogP contribution in [0.15, 0.2) is 18.2 Å². The van der Waals surface area contributed by atoms with Crippen molar-refractivity contribution in [2.24, 2.45) is 0 Å². The highest BCUT2D eigenvalue weighted by molar-refractivity contribution is 5.33. The molecule has 1 aromatic rings. The van der Waals surface area contributed by atoms with Crippen LogP contribution in [0, 0.1) is 13.8 Å². The third-order valence-corrected chi connectivity index (χ3v) is 3.18. The Bertz CT molecular complexity index is 332. The minimum atomic E-state index is 0.192. The SMILES string of the molecule is CCC(NC)C(C)Oc1ccc(C)c(C)c1. The average Bonchev–Trinajstić information content (AvgIpc) is 2.25. The van der Waals surface area contributed by atoms with Crippen molar-refractivity contribution >= 4 is 0 Å². The van der Waals surface area contributed by atoms with E-state index < -0.39 is 0 Å². The predicted molar refractivity (Wildman–Crippen MR) is 69.1 cm³/mol. The molecule has 0 aliphatic rings. The zero-order chi connectivity index (χ0) is 12.1. The molecular weight excluding hydrogens is 198 g/mol. The summed E-state index contributed by atoms with van der Waals surface area (Å²) in [5, 5.41) is 3.27. The van der Waals surface area contributed by atoms with E-state index in [4.69, 9.17) is 4.74 Å². The fourth-order valence-electron chi connectivity index (χ4n) is 1.85. The van der Waals surface area contributed by atoms with Gasteiger partial charge in [-0.05, 0) is 57.5 Å². The molecule has 0 bridgehead atoms. The summed E-state index contributed by atoms with van der Waals surface area (Å²) in [7, 11) is 1.98. The quantitative estimate of drug-likeness (QED) is 0.825. The molecule has 0 heterocycles. The van der Waals surface area contributed by atoms with Crippen LogP contribution in [0.25, 0.3) is 0 Å². The van der Waals surface area contributed by atoms with Crippen LogP contribution in [-0.2, 0) is 0 Å². The fraction of sp³-hybridized carbons (Fsp3) is 0.571. The number of rotatable bonds is 5. The van der Waals surface area contributed by atoms with E-state index in [1.807, 2.05) is 13.1 Å². The number of ether oxygens (including phenoxy) is 1. The molecule has 2 nitrogen and oxygen atoms in total. The summed E-state index contributed by atoms with van der Waals surface area (Å²) in [6, 6.07) is 6.66. The Morgan fingerprint density at radius 3 is 2.44 bits per heavy atom. The van der Waals surface area contributed by atoms with E-state index in [-0.39, 0.29) is 6.10 Å². The Labute approximate surface area is 99.0 Å². The van der Waals surface area contributed by atoms with E-state index in [0.29, 0.717) is 6.04 Å². The number of aryl methyl sites for hydroxylation is 2. The van der Waals surface area contributed by atoms with Gasteiger partial charge in [-0.25, -0.2) is 0 Å². The van der Waals surface area contributed by atoms with Crippen LogP contribution in [-0.4, -0.2) is 19.2 Å². The lowest BCUT2D eigenvalue weighted by atomic mass is 10.1. The highest BCUT2D eigenvalue weighted by Crippen LogP contribution is 2.18. The monoisotopic (exact) mass is 221 g/mol. The van der Waals surface area contributed by atoms with E-state index in [1.165, 1.54) is 11.1 Å². The van der Waals surface area contributed by atoms with Gasteiger partial charge in [0, 0.05) is 6.04 Å². The fourth-order valence-corrected chi connectivity index (χ4v) is 1.85. The van der Waals surface area contributed by atoms with Crippen molar-refractivity contribution in [3.63, 3.8) is 0 Å². The summed E-state index contributed by atoms with van der Waals surface area (Å²) in [6.07, 6.45) is 1.26. The summed E-state index contributed by atoms with van der Waals surface area (Å²) in [4.78, 5) is 0. The third-order valence-electron chi connectivity index (χ3n) is 3.18. The lowest BCUT2D eigenvalue weighted by molar-refractivity contribution is 0.172. The molecule has 2 atom stereocenters. The van der Waals surface area contributed by atoms with Gasteiger partial charge in [0.2, 0.25) is 0 Å². The maximum atomic E-state index is 5.93. The molecule has 0 saturated carbocycles. The Morgan fingerprint density at radius 2 is 1.94 bits per heavy atom. The lowest BCUT2D eigenvalue weighted by Gasteiger charge is -2.23. The summed E-state index contributed by atoms with van der Waals surface area (Å²) in [5.41, 5.74) is 2.59. The van der Waals surface area contributed by atoms with Crippen LogP contribution in [0.2, 0.25) is 0 Å².